The lowest BCUT2D eigenvalue weighted by Gasteiger charge is -2.09. The highest BCUT2D eigenvalue weighted by Gasteiger charge is 2.12. The van der Waals surface area contributed by atoms with E-state index in [1.807, 2.05) is 0 Å². The molecule has 1 aliphatic rings. The van der Waals surface area contributed by atoms with Crippen LogP contribution in [0.2, 0.25) is 0 Å². The summed E-state index contributed by atoms with van der Waals surface area (Å²) in [5.41, 5.74) is 9.50. The van der Waals surface area contributed by atoms with Crippen LogP contribution in [-0.4, -0.2) is 23.7 Å². The summed E-state index contributed by atoms with van der Waals surface area (Å²) < 4.78 is 0. The largest absolute Gasteiger partial charge is 0.480 e. The summed E-state index contributed by atoms with van der Waals surface area (Å²) in [4.78, 5) is 10.5. The van der Waals surface area contributed by atoms with E-state index < -0.39 is 12.0 Å². The van der Waals surface area contributed by atoms with Gasteiger partial charge in [-0.2, -0.15) is 0 Å². The van der Waals surface area contributed by atoms with Gasteiger partial charge in [-0.25, -0.2) is 0 Å². The molecule has 0 bridgehead atoms. The van der Waals surface area contributed by atoms with Crippen molar-refractivity contribution in [2.75, 3.05) is 6.54 Å². The number of hydrogen-bond donors (Lipinski definition) is 3. The molecule has 4 heteroatoms. The van der Waals surface area contributed by atoms with E-state index in [2.05, 4.69) is 23.5 Å². The monoisotopic (exact) mass is 234 g/mol. The maximum Gasteiger partial charge on any atom is 0.321 e. The van der Waals surface area contributed by atoms with E-state index in [4.69, 9.17) is 10.8 Å². The molecule has 92 valence electrons. The molecule has 0 fully saturated rings. The number of fused-ring (bicyclic) bond motifs is 1. The van der Waals surface area contributed by atoms with E-state index >= 15 is 0 Å². The van der Waals surface area contributed by atoms with Crippen molar-refractivity contribution in [3.05, 3.63) is 34.9 Å². The third-order valence-electron chi connectivity index (χ3n) is 3.17. The average Bonchev–Trinajstić information content (AvgIpc) is 2.75. The van der Waals surface area contributed by atoms with Gasteiger partial charge < -0.3 is 16.2 Å². The predicted octanol–water partition coefficient (Wildman–Crippen LogP) is 0.677. The van der Waals surface area contributed by atoms with E-state index in [1.54, 1.807) is 0 Å². The van der Waals surface area contributed by atoms with Crippen molar-refractivity contribution in [1.29, 1.82) is 0 Å². The van der Waals surface area contributed by atoms with Gasteiger partial charge in [0.05, 0.1) is 0 Å². The lowest BCUT2D eigenvalue weighted by molar-refractivity contribution is -0.138. The second-order valence-corrected chi connectivity index (χ2v) is 4.53. The van der Waals surface area contributed by atoms with Gasteiger partial charge in [-0.1, -0.05) is 18.2 Å². The van der Waals surface area contributed by atoms with Crippen molar-refractivity contribution in [3.63, 3.8) is 0 Å². The van der Waals surface area contributed by atoms with Crippen LogP contribution in [0.3, 0.4) is 0 Å². The minimum atomic E-state index is -0.966. The van der Waals surface area contributed by atoms with Gasteiger partial charge in [0, 0.05) is 13.1 Å². The number of carboxylic acid groups (broad SMARTS) is 1. The fourth-order valence-electron chi connectivity index (χ4n) is 2.19. The summed E-state index contributed by atoms with van der Waals surface area (Å²) in [6.45, 7) is 0.973. The van der Waals surface area contributed by atoms with Gasteiger partial charge >= 0.3 is 5.97 Å². The molecule has 0 aliphatic heterocycles. The molecule has 0 radical (unpaired) electrons. The zero-order valence-corrected chi connectivity index (χ0v) is 9.78. The van der Waals surface area contributed by atoms with E-state index in [9.17, 15) is 4.79 Å². The standard InChI is InChI=1S/C13H18N2O2/c14-12(13(16)17)8-15-7-9-4-5-10-2-1-3-11(10)6-9/h4-6,12,15H,1-3,7-8,14H2,(H,16,17). The van der Waals surface area contributed by atoms with Crippen molar-refractivity contribution < 1.29 is 9.90 Å². The Kier molecular flexibility index (Phi) is 3.76. The second kappa shape index (κ2) is 5.29. The molecule has 0 saturated heterocycles. The summed E-state index contributed by atoms with van der Waals surface area (Å²) in [6, 6.07) is 5.66. The van der Waals surface area contributed by atoms with Crippen LogP contribution in [0.4, 0.5) is 0 Å². The summed E-state index contributed by atoms with van der Waals surface area (Å²) in [5, 5.41) is 11.7. The number of hydrogen-bond acceptors (Lipinski definition) is 3. The fraction of sp³-hybridized carbons (Fsp3) is 0.462. The van der Waals surface area contributed by atoms with Crippen LogP contribution in [0.1, 0.15) is 23.1 Å². The molecule has 1 aromatic rings. The molecule has 0 amide bonds. The first-order chi connectivity index (χ1) is 8.16. The Morgan fingerprint density at radius 1 is 1.41 bits per heavy atom. The van der Waals surface area contributed by atoms with Gasteiger partial charge in [-0.15, -0.1) is 0 Å². The molecule has 0 saturated carbocycles. The molecule has 2 rings (SSSR count). The van der Waals surface area contributed by atoms with Crippen molar-refractivity contribution >= 4 is 5.97 Å². The lowest BCUT2D eigenvalue weighted by Crippen LogP contribution is -2.40. The Hall–Kier alpha value is -1.39. The normalized spacial score (nSPS) is 15.6. The van der Waals surface area contributed by atoms with E-state index in [-0.39, 0.29) is 0 Å². The average molecular weight is 234 g/mol. The van der Waals surface area contributed by atoms with Crippen LogP contribution in [-0.2, 0) is 24.2 Å². The number of aliphatic carboxylic acids is 1. The van der Waals surface area contributed by atoms with Crippen molar-refractivity contribution in [2.24, 2.45) is 5.73 Å². The Balaban J connectivity index is 1.85. The minimum Gasteiger partial charge on any atom is -0.480 e. The molecule has 0 spiro atoms. The topological polar surface area (TPSA) is 75.3 Å². The predicted molar refractivity (Wildman–Crippen MR) is 65.8 cm³/mol. The number of aryl methyl sites for hydroxylation is 2. The van der Waals surface area contributed by atoms with Crippen LogP contribution in [0.25, 0.3) is 0 Å². The zero-order valence-electron chi connectivity index (χ0n) is 9.78. The summed E-state index contributed by atoms with van der Waals surface area (Å²) >= 11 is 0. The van der Waals surface area contributed by atoms with Crippen LogP contribution in [0.15, 0.2) is 18.2 Å². The van der Waals surface area contributed by atoms with Crippen molar-refractivity contribution in [1.82, 2.24) is 5.32 Å². The van der Waals surface area contributed by atoms with Crippen LogP contribution in [0.5, 0.6) is 0 Å². The summed E-state index contributed by atoms with van der Waals surface area (Å²) in [7, 11) is 0. The number of carbonyl (C=O) groups is 1. The highest BCUT2D eigenvalue weighted by atomic mass is 16.4. The maximum absolute atomic E-state index is 10.5. The number of rotatable bonds is 5. The minimum absolute atomic E-state index is 0.298. The summed E-state index contributed by atoms with van der Waals surface area (Å²) in [6.07, 6.45) is 3.60. The molecule has 0 heterocycles. The number of nitrogens with one attached hydrogen (secondary N) is 1. The molecule has 1 aromatic carbocycles. The lowest BCUT2D eigenvalue weighted by atomic mass is 10.1. The van der Waals surface area contributed by atoms with Gasteiger partial charge in [0.1, 0.15) is 6.04 Å². The first-order valence-electron chi connectivity index (χ1n) is 5.96. The maximum atomic E-state index is 10.5. The SMILES string of the molecule is NC(CNCc1ccc2c(c1)CCC2)C(=O)O. The Morgan fingerprint density at radius 2 is 2.18 bits per heavy atom. The van der Waals surface area contributed by atoms with E-state index in [1.165, 1.54) is 29.5 Å². The molecule has 1 unspecified atom stereocenters. The quantitative estimate of drug-likeness (QED) is 0.700. The Bertz CT molecular complexity index is 418. The van der Waals surface area contributed by atoms with Crippen LogP contribution in [0, 0.1) is 0 Å². The van der Waals surface area contributed by atoms with Crippen molar-refractivity contribution in [3.8, 4) is 0 Å². The molecule has 4 nitrogen and oxygen atoms in total. The third kappa shape index (κ3) is 3.05. The second-order valence-electron chi connectivity index (χ2n) is 4.53. The first kappa shape index (κ1) is 12.1. The fourth-order valence-corrected chi connectivity index (χ4v) is 2.19. The molecular weight excluding hydrogens is 216 g/mol. The first-order valence-corrected chi connectivity index (χ1v) is 5.96. The van der Waals surface area contributed by atoms with E-state index in [0.717, 1.165) is 6.42 Å². The summed E-state index contributed by atoms with van der Waals surface area (Å²) in [5.74, 6) is -0.966. The van der Waals surface area contributed by atoms with Gasteiger partial charge in [-0.3, -0.25) is 4.79 Å². The number of carboxylic acids is 1. The molecular formula is C13H18N2O2. The van der Waals surface area contributed by atoms with Gasteiger partial charge in [0.25, 0.3) is 0 Å². The smallest absolute Gasteiger partial charge is 0.321 e. The molecule has 1 aliphatic carbocycles. The zero-order chi connectivity index (χ0) is 12.3. The van der Waals surface area contributed by atoms with Crippen LogP contribution >= 0.6 is 0 Å². The molecule has 1 atom stereocenters. The van der Waals surface area contributed by atoms with Gasteiger partial charge in [0.2, 0.25) is 0 Å². The van der Waals surface area contributed by atoms with Crippen LogP contribution < -0.4 is 11.1 Å². The molecule has 0 aromatic heterocycles. The van der Waals surface area contributed by atoms with Gasteiger partial charge in [-0.05, 0) is 36.0 Å². The third-order valence-corrected chi connectivity index (χ3v) is 3.17. The van der Waals surface area contributed by atoms with Gasteiger partial charge in [0.15, 0.2) is 0 Å². The number of nitrogens with two attached hydrogens (primary N) is 1. The Morgan fingerprint density at radius 3 is 2.94 bits per heavy atom. The van der Waals surface area contributed by atoms with Crippen molar-refractivity contribution in [2.45, 2.75) is 31.8 Å². The Labute approximate surface area is 101 Å². The highest BCUT2D eigenvalue weighted by Crippen LogP contribution is 2.22. The number of benzene rings is 1. The molecule has 17 heavy (non-hydrogen) atoms. The highest BCUT2D eigenvalue weighted by molar-refractivity contribution is 5.73. The molecule has 4 N–H and O–H groups in total. The van der Waals surface area contributed by atoms with E-state index in [0.29, 0.717) is 13.1 Å².